The second-order valence-electron chi connectivity index (χ2n) is 7.79. The van der Waals surface area contributed by atoms with E-state index in [1.807, 2.05) is 18.2 Å². The van der Waals surface area contributed by atoms with Crippen LogP contribution in [0.5, 0.6) is 0 Å². The molecule has 0 radical (unpaired) electrons. The molecule has 0 bridgehead atoms. The monoisotopic (exact) mass is 386 g/mol. The quantitative estimate of drug-likeness (QED) is 0.146. The Bertz CT molecular complexity index is 492. The maximum absolute atomic E-state index is 11.7. The zero-order valence-electron chi connectivity index (χ0n) is 18.2. The molecule has 28 heavy (non-hydrogen) atoms. The summed E-state index contributed by atoms with van der Waals surface area (Å²) in [5, 5.41) is 0. The van der Waals surface area contributed by atoms with Crippen LogP contribution in [0.3, 0.4) is 0 Å². The van der Waals surface area contributed by atoms with E-state index in [1.165, 1.54) is 76.2 Å². The number of allylic oxidation sites excluding steroid dienone is 2. The summed E-state index contributed by atoms with van der Waals surface area (Å²) in [6, 6.07) is 10.2. The van der Waals surface area contributed by atoms with Gasteiger partial charge in [-0.25, -0.2) is 0 Å². The van der Waals surface area contributed by atoms with Crippen molar-refractivity contribution in [3.63, 3.8) is 0 Å². The van der Waals surface area contributed by atoms with Crippen LogP contribution in [-0.2, 0) is 16.0 Å². The average Bonchev–Trinajstić information content (AvgIpc) is 2.71. The average molecular weight is 387 g/mol. The molecule has 0 fully saturated rings. The number of carbonyl (C=O) groups is 1. The largest absolute Gasteiger partial charge is 0.465 e. The van der Waals surface area contributed by atoms with Crippen molar-refractivity contribution in [2.75, 3.05) is 6.61 Å². The second-order valence-corrected chi connectivity index (χ2v) is 7.79. The summed E-state index contributed by atoms with van der Waals surface area (Å²) in [6.07, 6.45) is 22.7. The highest BCUT2D eigenvalue weighted by molar-refractivity contribution is 5.69. The van der Waals surface area contributed by atoms with Crippen molar-refractivity contribution < 1.29 is 9.53 Å². The number of unbranched alkanes of at least 4 members (excludes halogenated alkanes) is 11. The van der Waals surface area contributed by atoms with E-state index in [9.17, 15) is 4.79 Å². The summed E-state index contributed by atoms with van der Waals surface area (Å²) < 4.78 is 5.32. The molecule has 0 aliphatic carbocycles. The topological polar surface area (TPSA) is 26.3 Å². The van der Waals surface area contributed by atoms with Gasteiger partial charge in [-0.3, -0.25) is 4.79 Å². The van der Waals surface area contributed by atoms with Gasteiger partial charge >= 0.3 is 5.97 Å². The van der Waals surface area contributed by atoms with Gasteiger partial charge in [0.15, 0.2) is 0 Å². The number of esters is 1. The Balaban J connectivity index is 1.81. The number of hydrogen-bond donors (Lipinski definition) is 0. The van der Waals surface area contributed by atoms with Gasteiger partial charge in [-0.15, -0.1) is 0 Å². The van der Waals surface area contributed by atoms with Crippen LogP contribution in [0.4, 0.5) is 0 Å². The first-order chi connectivity index (χ1) is 13.8. The zero-order valence-corrected chi connectivity index (χ0v) is 18.2. The van der Waals surface area contributed by atoms with Gasteiger partial charge in [0.2, 0.25) is 0 Å². The van der Waals surface area contributed by atoms with Gasteiger partial charge in [0.05, 0.1) is 6.61 Å². The molecule has 0 saturated carbocycles. The van der Waals surface area contributed by atoms with Gasteiger partial charge in [0.1, 0.15) is 0 Å². The number of benzene rings is 1. The minimum Gasteiger partial charge on any atom is -0.465 e. The minimum atomic E-state index is -0.0476. The summed E-state index contributed by atoms with van der Waals surface area (Å²) >= 11 is 0. The molecule has 0 saturated heterocycles. The summed E-state index contributed by atoms with van der Waals surface area (Å²) in [7, 11) is 0. The van der Waals surface area contributed by atoms with E-state index in [0.29, 0.717) is 13.0 Å². The number of carbonyl (C=O) groups excluding carboxylic acids is 1. The first kappa shape index (κ1) is 24.5. The fourth-order valence-electron chi connectivity index (χ4n) is 3.34. The van der Waals surface area contributed by atoms with Crippen LogP contribution >= 0.6 is 0 Å². The Morgan fingerprint density at radius 3 is 2.00 bits per heavy atom. The van der Waals surface area contributed by atoms with E-state index < -0.39 is 0 Å². The van der Waals surface area contributed by atoms with Crippen LogP contribution in [0.25, 0.3) is 0 Å². The Morgan fingerprint density at radius 2 is 1.36 bits per heavy atom. The minimum absolute atomic E-state index is 0.0476. The predicted molar refractivity (Wildman–Crippen MR) is 121 cm³/mol. The molecule has 0 atom stereocenters. The van der Waals surface area contributed by atoms with E-state index in [4.69, 9.17) is 4.74 Å². The highest BCUT2D eigenvalue weighted by Gasteiger charge is 2.02. The molecule has 2 nitrogen and oxygen atoms in total. The first-order valence-electron chi connectivity index (χ1n) is 11.7. The molecule has 2 heteroatoms. The number of hydrogen-bond acceptors (Lipinski definition) is 2. The van der Waals surface area contributed by atoms with Gasteiger partial charge in [0, 0.05) is 12.8 Å². The third-order valence-corrected chi connectivity index (χ3v) is 5.14. The molecule has 0 unspecified atom stereocenters. The van der Waals surface area contributed by atoms with E-state index >= 15 is 0 Å². The van der Waals surface area contributed by atoms with Gasteiger partial charge in [0.25, 0.3) is 0 Å². The predicted octanol–water partition coefficient (Wildman–Crippen LogP) is 7.81. The van der Waals surface area contributed by atoms with Gasteiger partial charge < -0.3 is 4.74 Å². The molecular weight excluding hydrogens is 344 g/mol. The first-order valence-corrected chi connectivity index (χ1v) is 11.7. The molecule has 0 N–H and O–H groups in total. The lowest BCUT2D eigenvalue weighted by molar-refractivity contribution is -0.143. The SMILES string of the molecule is CCCCCCCC/C=C/CCCCCCCC(=O)OCCc1ccccc1. The summed E-state index contributed by atoms with van der Waals surface area (Å²) in [5.41, 5.74) is 1.22. The molecule has 1 rings (SSSR count). The normalized spacial score (nSPS) is 11.2. The van der Waals surface area contributed by atoms with Crippen LogP contribution in [0.1, 0.15) is 102 Å². The Hall–Kier alpha value is -1.57. The fraction of sp³-hybridized carbons (Fsp3) is 0.654. The summed E-state index contributed by atoms with van der Waals surface area (Å²) in [5.74, 6) is -0.0476. The van der Waals surface area contributed by atoms with Crippen molar-refractivity contribution in [1.82, 2.24) is 0 Å². The van der Waals surface area contributed by atoms with Crippen LogP contribution in [0, 0.1) is 0 Å². The molecule has 0 aliphatic rings. The van der Waals surface area contributed by atoms with Gasteiger partial charge in [-0.05, 0) is 37.7 Å². The van der Waals surface area contributed by atoms with Crippen molar-refractivity contribution in [2.45, 2.75) is 103 Å². The Kier molecular flexibility index (Phi) is 16.4. The maximum Gasteiger partial charge on any atom is 0.305 e. The van der Waals surface area contributed by atoms with Crippen molar-refractivity contribution >= 4 is 5.97 Å². The highest BCUT2D eigenvalue weighted by Crippen LogP contribution is 2.10. The third kappa shape index (κ3) is 15.5. The maximum atomic E-state index is 11.7. The second kappa shape index (κ2) is 18.8. The van der Waals surface area contributed by atoms with E-state index in [0.717, 1.165) is 19.3 Å². The van der Waals surface area contributed by atoms with Crippen molar-refractivity contribution in [3.05, 3.63) is 48.0 Å². The Labute approximate surface area is 173 Å². The smallest absolute Gasteiger partial charge is 0.305 e. The molecule has 0 spiro atoms. The van der Waals surface area contributed by atoms with Crippen LogP contribution in [0.2, 0.25) is 0 Å². The van der Waals surface area contributed by atoms with Gasteiger partial charge in [-0.2, -0.15) is 0 Å². The van der Waals surface area contributed by atoms with Gasteiger partial charge in [-0.1, -0.05) is 101 Å². The number of ether oxygens (including phenoxy) is 1. The van der Waals surface area contributed by atoms with Crippen LogP contribution in [0.15, 0.2) is 42.5 Å². The molecule has 0 aliphatic heterocycles. The lowest BCUT2D eigenvalue weighted by Gasteiger charge is -2.05. The molecule has 0 heterocycles. The molecule has 158 valence electrons. The fourth-order valence-corrected chi connectivity index (χ4v) is 3.34. The third-order valence-electron chi connectivity index (χ3n) is 5.14. The Morgan fingerprint density at radius 1 is 0.786 bits per heavy atom. The van der Waals surface area contributed by atoms with Crippen molar-refractivity contribution in [3.8, 4) is 0 Å². The van der Waals surface area contributed by atoms with Crippen molar-refractivity contribution in [2.24, 2.45) is 0 Å². The molecule has 1 aromatic rings. The van der Waals surface area contributed by atoms with E-state index in [2.05, 4.69) is 31.2 Å². The van der Waals surface area contributed by atoms with Crippen molar-refractivity contribution in [1.29, 1.82) is 0 Å². The van der Waals surface area contributed by atoms with E-state index in [1.54, 1.807) is 0 Å². The standard InChI is InChI=1S/C26H42O2/c1-2-3-4-5-6-7-8-9-10-11-12-13-14-15-19-22-26(27)28-24-23-25-20-17-16-18-21-25/h9-10,16-18,20-21H,2-8,11-15,19,22-24H2,1H3/b10-9+. The lowest BCUT2D eigenvalue weighted by atomic mass is 10.1. The molecule has 0 aromatic heterocycles. The van der Waals surface area contributed by atoms with Crippen LogP contribution in [-0.4, -0.2) is 12.6 Å². The molecular formula is C26H42O2. The highest BCUT2D eigenvalue weighted by atomic mass is 16.5. The summed E-state index contributed by atoms with van der Waals surface area (Å²) in [4.78, 5) is 11.7. The van der Waals surface area contributed by atoms with E-state index in [-0.39, 0.29) is 5.97 Å². The summed E-state index contributed by atoms with van der Waals surface area (Å²) in [6.45, 7) is 2.76. The van der Waals surface area contributed by atoms with Crippen LogP contribution < -0.4 is 0 Å². The molecule has 0 amide bonds. The number of rotatable bonds is 18. The lowest BCUT2D eigenvalue weighted by Crippen LogP contribution is -2.07. The zero-order chi connectivity index (χ0) is 20.1. The molecule has 1 aromatic carbocycles.